The highest BCUT2D eigenvalue weighted by molar-refractivity contribution is 5.94. The Kier molecular flexibility index (Phi) is 21.4. The van der Waals surface area contributed by atoms with Crippen LogP contribution in [0.2, 0.25) is 0 Å². The average molecular weight is 979 g/mol. The average Bonchev–Trinajstić information content (AvgIpc) is 3.32. The molecule has 1 aromatic heterocycles. The second-order valence-electron chi connectivity index (χ2n) is 19.5. The van der Waals surface area contributed by atoms with Crippen LogP contribution in [0, 0.1) is 17.8 Å². The van der Waals surface area contributed by atoms with Crippen molar-refractivity contribution in [3.8, 4) is 5.88 Å². The third kappa shape index (κ3) is 14.8. The normalized spacial score (nSPS) is 33.5. The number of aliphatic hydroxyl groups is 5. The molecule has 0 aromatic carbocycles. The first kappa shape index (κ1) is 54.9. The van der Waals surface area contributed by atoms with Crippen molar-refractivity contribution in [1.82, 2.24) is 20.5 Å². The highest BCUT2D eigenvalue weighted by atomic mass is 16.7. The minimum atomic E-state index is -1.64. The van der Waals surface area contributed by atoms with E-state index in [4.69, 9.17) is 33.2 Å². The first-order chi connectivity index (χ1) is 33.2. The molecule has 3 saturated heterocycles. The number of hydrogen-bond acceptors (Lipinski definition) is 17. The van der Waals surface area contributed by atoms with Crippen LogP contribution in [0.4, 0.5) is 0 Å². The quantitative estimate of drug-likeness (QED) is 0.0724. The maximum Gasteiger partial charge on any atom is 0.252 e. The Morgan fingerprint density at radius 1 is 0.884 bits per heavy atom. The monoisotopic (exact) mass is 979 g/mol. The van der Waals surface area contributed by atoms with Gasteiger partial charge in [-0.15, -0.1) is 0 Å². The fourth-order valence-electron chi connectivity index (χ4n) is 10.3. The van der Waals surface area contributed by atoms with Crippen LogP contribution in [0.3, 0.4) is 0 Å². The van der Waals surface area contributed by atoms with Gasteiger partial charge in [0.1, 0.15) is 54.6 Å². The number of nitrogens with zero attached hydrogens (tertiary/aromatic N) is 2. The fourth-order valence-corrected chi connectivity index (χ4v) is 10.3. The minimum absolute atomic E-state index is 0.0741. The van der Waals surface area contributed by atoms with Gasteiger partial charge in [-0.1, -0.05) is 45.4 Å². The summed E-state index contributed by atoms with van der Waals surface area (Å²) in [5.41, 5.74) is 0.342. The first-order valence-electron chi connectivity index (χ1n) is 25.3. The number of hydrogen-bond donors (Lipinski definition) is 7. The van der Waals surface area contributed by atoms with Crippen LogP contribution >= 0.6 is 0 Å². The summed E-state index contributed by atoms with van der Waals surface area (Å²) in [4.78, 5) is 60.0. The van der Waals surface area contributed by atoms with Gasteiger partial charge < -0.3 is 74.2 Å². The van der Waals surface area contributed by atoms with E-state index in [1.54, 1.807) is 24.1 Å². The lowest BCUT2D eigenvalue weighted by atomic mass is 9.74. The molecule has 0 bridgehead atoms. The summed E-state index contributed by atoms with van der Waals surface area (Å²) in [6, 6.07) is 2.04. The van der Waals surface area contributed by atoms with Crippen molar-refractivity contribution in [2.24, 2.45) is 17.8 Å². The number of carbonyl (C=O) groups excluding carboxylic acids is 4. The highest BCUT2D eigenvalue weighted by Crippen LogP contribution is 2.41. The zero-order chi connectivity index (χ0) is 49.6. The van der Waals surface area contributed by atoms with Gasteiger partial charge in [-0.2, -0.15) is 0 Å². The van der Waals surface area contributed by atoms with Crippen molar-refractivity contribution in [3.05, 3.63) is 23.9 Å². The van der Waals surface area contributed by atoms with E-state index in [1.807, 2.05) is 6.92 Å². The molecular weight excluding hydrogens is 901 g/mol. The summed E-state index contributed by atoms with van der Waals surface area (Å²) in [6.07, 6.45) is -4.41. The first-order valence-corrected chi connectivity index (χ1v) is 25.3. The van der Waals surface area contributed by atoms with Crippen LogP contribution in [-0.2, 0) is 42.8 Å². The third-order valence-corrected chi connectivity index (χ3v) is 14.5. The number of carbonyl (C=O) groups is 4. The number of Topliss-reactive ketones (excluding diaryl/α,β-unsaturated/α-hetero) is 1. The number of methoxy groups -OCH3 is 1. The van der Waals surface area contributed by atoms with Crippen LogP contribution in [0.25, 0.3) is 0 Å². The van der Waals surface area contributed by atoms with E-state index in [1.165, 1.54) is 20.0 Å². The maximum absolute atomic E-state index is 14.1. The van der Waals surface area contributed by atoms with E-state index >= 15 is 0 Å². The number of ether oxygens (including phenoxy) is 7. The molecule has 6 rings (SSSR count). The van der Waals surface area contributed by atoms with Crippen molar-refractivity contribution >= 4 is 23.5 Å². The number of aromatic nitrogens is 1. The Morgan fingerprint density at radius 3 is 2.29 bits per heavy atom. The second kappa shape index (κ2) is 26.9. The molecule has 5 fully saturated rings. The molecule has 390 valence electrons. The van der Waals surface area contributed by atoms with E-state index < -0.39 is 98.1 Å². The van der Waals surface area contributed by atoms with Gasteiger partial charge in [-0.3, -0.25) is 19.2 Å². The van der Waals surface area contributed by atoms with Crippen LogP contribution < -0.4 is 15.4 Å². The number of rotatable bonds is 24. The Balaban J connectivity index is 1.19. The zero-order valence-corrected chi connectivity index (χ0v) is 40.7. The van der Waals surface area contributed by atoms with Crippen molar-refractivity contribution < 1.29 is 77.9 Å². The van der Waals surface area contributed by atoms with E-state index in [2.05, 4.69) is 15.6 Å². The third-order valence-electron chi connectivity index (χ3n) is 14.5. The Morgan fingerprint density at radius 2 is 1.64 bits per heavy atom. The molecule has 2 saturated carbocycles. The molecule has 3 aliphatic heterocycles. The molecular formula is C49H78N4O16. The molecule has 4 heterocycles. The lowest BCUT2D eigenvalue weighted by molar-refractivity contribution is -0.338. The van der Waals surface area contributed by atoms with Gasteiger partial charge in [-0.25, -0.2) is 4.98 Å². The molecule has 1 aromatic rings. The van der Waals surface area contributed by atoms with Gasteiger partial charge in [0, 0.05) is 64.9 Å². The van der Waals surface area contributed by atoms with Crippen LogP contribution in [-0.4, -0.2) is 185 Å². The smallest absolute Gasteiger partial charge is 0.252 e. The molecule has 3 amide bonds. The van der Waals surface area contributed by atoms with E-state index in [0.29, 0.717) is 63.4 Å². The predicted octanol–water partition coefficient (Wildman–Crippen LogP) is 1.54. The van der Waals surface area contributed by atoms with Gasteiger partial charge in [0.05, 0.1) is 37.1 Å². The lowest BCUT2D eigenvalue weighted by Crippen LogP contribution is -2.67. The van der Waals surface area contributed by atoms with Crippen LogP contribution in [0.15, 0.2) is 18.3 Å². The Labute approximate surface area is 405 Å². The summed E-state index contributed by atoms with van der Waals surface area (Å²) >= 11 is 0. The van der Waals surface area contributed by atoms with Crippen molar-refractivity contribution in [2.75, 3.05) is 46.6 Å². The largest absolute Gasteiger partial charge is 0.478 e. The maximum atomic E-state index is 14.1. The van der Waals surface area contributed by atoms with E-state index in [0.717, 1.165) is 51.4 Å². The molecule has 7 N–H and O–H groups in total. The van der Waals surface area contributed by atoms with Gasteiger partial charge in [0.25, 0.3) is 11.8 Å². The molecule has 2 aliphatic carbocycles. The predicted molar refractivity (Wildman–Crippen MR) is 246 cm³/mol. The molecule has 20 heteroatoms. The van der Waals surface area contributed by atoms with E-state index in [9.17, 15) is 44.7 Å². The van der Waals surface area contributed by atoms with Gasteiger partial charge in [-0.05, 0) is 69.8 Å². The number of nitrogens with one attached hydrogen (secondary N) is 2. The molecule has 5 aliphatic rings. The van der Waals surface area contributed by atoms with Crippen molar-refractivity contribution in [2.45, 2.75) is 190 Å². The van der Waals surface area contributed by atoms with E-state index in [-0.39, 0.29) is 48.8 Å². The molecule has 15 atom stereocenters. The van der Waals surface area contributed by atoms with Crippen molar-refractivity contribution in [3.63, 3.8) is 0 Å². The Bertz CT molecular complexity index is 1770. The SMILES string of the molecule is CCC1CC(C(=O)CCCNC(=O)c2ccc(OCCCCOC)nc2)C[C@@H](O[C@@H]2O[C@@H](CO)[C@H](O)C(O[C@@H](CC3CCCCC3)C(=O)N3CCC3)C2NC(C)=O)[C@@H]1O[C@@H]1OC(C)[C@@H](O)[C@H](O)C1O. The molecule has 20 nitrogen and oxygen atoms in total. The summed E-state index contributed by atoms with van der Waals surface area (Å²) < 4.78 is 42.8. The summed E-state index contributed by atoms with van der Waals surface area (Å²) in [5.74, 6) is -1.49. The lowest BCUT2D eigenvalue weighted by Gasteiger charge is -2.49. The number of likely N-dealkylation sites (tertiary alicyclic amines) is 1. The number of pyridine rings is 1. The van der Waals surface area contributed by atoms with Crippen LogP contribution in [0.1, 0.15) is 121 Å². The number of aliphatic hydroxyl groups excluding tert-OH is 5. The topological polar surface area (TPSA) is 274 Å². The van der Waals surface area contributed by atoms with Crippen LogP contribution in [0.5, 0.6) is 5.88 Å². The molecule has 69 heavy (non-hydrogen) atoms. The summed E-state index contributed by atoms with van der Waals surface area (Å²) in [7, 11) is 1.65. The summed E-state index contributed by atoms with van der Waals surface area (Å²) in [6.45, 7) is 6.59. The standard InChI is InChI=1S/C49H78N4O16/c1-5-31-24-33(34(56)15-11-18-50-46(61)32-16-17-38(51-26-32)64-22-10-9-21-63-4)25-35(44(31)69-49-43(60)42(59)40(57)28(2)65-49)67-48-39(52-29(3)55)45(41(58)37(27-54)68-48)66-36(47(62)53-19-12-20-53)23-30-13-7-6-8-14-30/h16-17,26,28,30-31,33,35-37,39-45,48-49,54,57-60H,5-15,18-25,27H2,1-4H3,(H,50,61)(H,52,55)/t28?,31?,33?,35-,36+,37+,39?,40-,41+,42+,43?,44-,45?,48-,49+/m1/s1. The van der Waals surface area contributed by atoms with Gasteiger partial charge >= 0.3 is 0 Å². The molecule has 0 spiro atoms. The summed E-state index contributed by atoms with van der Waals surface area (Å²) in [5, 5.41) is 60.3. The second-order valence-corrected chi connectivity index (χ2v) is 19.5. The molecule has 6 unspecified atom stereocenters. The highest BCUT2D eigenvalue weighted by Gasteiger charge is 2.53. The van der Waals surface area contributed by atoms with Gasteiger partial charge in [0.2, 0.25) is 11.8 Å². The minimum Gasteiger partial charge on any atom is -0.478 e. The Hall–Kier alpha value is -3.41. The zero-order valence-electron chi connectivity index (χ0n) is 40.7. The van der Waals surface area contributed by atoms with Gasteiger partial charge in [0.15, 0.2) is 12.6 Å². The fraction of sp³-hybridized carbons (Fsp3) is 0.816. The number of ketones is 1. The van der Waals surface area contributed by atoms with Crippen molar-refractivity contribution in [1.29, 1.82) is 0 Å². The number of unbranched alkanes of at least 4 members (excludes halogenated alkanes) is 1. The molecule has 0 radical (unpaired) electrons. The number of amides is 3.